The molecule has 0 saturated heterocycles. The Morgan fingerprint density at radius 3 is 2.10 bits per heavy atom. The van der Waals surface area contributed by atoms with Crippen LogP contribution < -0.4 is 47.9 Å². The molecule has 5 aromatic rings. The molecule has 0 radical (unpaired) electrons. The lowest BCUT2D eigenvalue weighted by Gasteiger charge is -2.33. The molecule has 0 aliphatic carbocycles. The molecule has 0 saturated carbocycles. The second kappa shape index (κ2) is 24.9. The minimum Gasteiger partial charge on any atom is -0.492 e. The maximum absolute atomic E-state index is 14.9. The summed E-state index contributed by atoms with van der Waals surface area (Å²) < 4.78 is 12.2. The minimum atomic E-state index is -1.44. The van der Waals surface area contributed by atoms with E-state index < -0.39 is 81.8 Å². The van der Waals surface area contributed by atoms with Crippen LogP contribution in [-0.2, 0) is 25.6 Å². The van der Waals surface area contributed by atoms with E-state index in [1.54, 1.807) is 72.8 Å². The molecular formula is C50H58ClN11O10. The molecule has 4 aromatic carbocycles. The Kier molecular flexibility index (Phi) is 18.5. The molecule has 6 rings (SSSR count). The summed E-state index contributed by atoms with van der Waals surface area (Å²) in [4.78, 5) is 97.0. The molecule has 0 spiro atoms. The predicted molar refractivity (Wildman–Crippen MR) is 268 cm³/mol. The largest absolute Gasteiger partial charge is 0.492 e. The third-order valence-corrected chi connectivity index (χ3v) is 12.2. The molecule has 22 heteroatoms. The molecule has 1 aliphatic heterocycles. The van der Waals surface area contributed by atoms with Crippen molar-refractivity contribution in [2.24, 2.45) is 17.2 Å². The fourth-order valence-electron chi connectivity index (χ4n) is 8.10. The van der Waals surface area contributed by atoms with Crippen LogP contribution in [0.2, 0.25) is 5.02 Å². The summed E-state index contributed by atoms with van der Waals surface area (Å²) in [5.74, 6) is -3.79. The number of aromatic amines is 1. The highest BCUT2D eigenvalue weighted by atomic mass is 35.5. The number of fused-ring (bicyclic) bond motifs is 5. The first-order valence-corrected chi connectivity index (χ1v) is 23.6. The van der Waals surface area contributed by atoms with Gasteiger partial charge in [0.15, 0.2) is 5.69 Å². The molecule has 2 heterocycles. The molecule has 1 aromatic heterocycles. The molecule has 11 N–H and O–H groups in total. The summed E-state index contributed by atoms with van der Waals surface area (Å²) in [5, 5.41) is 28.9. The van der Waals surface area contributed by atoms with Crippen molar-refractivity contribution in [3.05, 3.63) is 129 Å². The molecule has 0 fully saturated rings. The van der Waals surface area contributed by atoms with E-state index in [9.17, 15) is 38.9 Å². The molecule has 1 aliphatic rings. The smallest absolute Gasteiger partial charge is 0.317 e. The van der Waals surface area contributed by atoms with Crippen LogP contribution in [0.3, 0.4) is 0 Å². The number of rotatable bonds is 20. The van der Waals surface area contributed by atoms with Gasteiger partial charge in [-0.3, -0.25) is 44.0 Å². The lowest BCUT2D eigenvalue weighted by molar-refractivity contribution is -0.385. The summed E-state index contributed by atoms with van der Waals surface area (Å²) in [6.07, 6.45) is 1.88. The van der Waals surface area contributed by atoms with Crippen LogP contribution in [-0.4, -0.2) is 119 Å². The number of benzene rings is 4. The zero-order chi connectivity index (χ0) is 52.1. The van der Waals surface area contributed by atoms with Crippen molar-refractivity contribution in [1.29, 1.82) is 0 Å². The number of hydrogen-bond acceptors (Lipinski definition) is 14. The molecular weight excluding hydrogens is 950 g/mol. The number of H-pyrrole nitrogens is 1. The summed E-state index contributed by atoms with van der Waals surface area (Å²) in [5.41, 5.74) is 20.2. The lowest BCUT2D eigenvalue weighted by Crippen LogP contribution is -2.57. The van der Waals surface area contributed by atoms with E-state index in [0.29, 0.717) is 52.6 Å². The van der Waals surface area contributed by atoms with Crippen LogP contribution in [0, 0.1) is 10.1 Å². The topological polar surface area (TPSA) is 322 Å². The number of nitrogens with two attached hydrogens (primary N) is 3. The number of Topliss-reactive ketones (excluding diaryl/α,β-unsaturated/α-hetero) is 1. The Balaban J connectivity index is 1.39. The summed E-state index contributed by atoms with van der Waals surface area (Å²) in [7, 11) is 1.42. The van der Waals surface area contributed by atoms with E-state index in [-0.39, 0.29) is 50.3 Å². The summed E-state index contributed by atoms with van der Waals surface area (Å²) >= 11 is 6.08. The van der Waals surface area contributed by atoms with Gasteiger partial charge in [0.1, 0.15) is 55.1 Å². The van der Waals surface area contributed by atoms with E-state index in [4.69, 9.17) is 38.3 Å². The number of nitro groups is 1. The quantitative estimate of drug-likeness (QED) is 0.0240. The fraction of sp³-hybridized carbons (Fsp3) is 0.340. The number of ether oxygens (including phenoxy) is 2. The second-order valence-electron chi connectivity index (χ2n) is 17.1. The fourth-order valence-corrected chi connectivity index (χ4v) is 8.23. The summed E-state index contributed by atoms with van der Waals surface area (Å²) in [6.45, 7) is 3.52. The van der Waals surface area contributed by atoms with Crippen molar-refractivity contribution in [3.8, 4) is 33.8 Å². The van der Waals surface area contributed by atoms with Crippen molar-refractivity contribution in [2.45, 2.75) is 69.7 Å². The van der Waals surface area contributed by atoms with E-state index in [0.717, 1.165) is 17.3 Å². The van der Waals surface area contributed by atoms with Crippen molar-refractivity contribution in [1.82, 2.24) is 36.4 Å². The maximum Gasteiger partial charge on any atom is 0.317 e. The number of aromatic nitrogens is 2. The van der Waals surface area contributed by atoms with E-state index in [1.165, 1.54) is 25.8 Å². The third-order valence-electron chi connectivity index (χ3n) is 11.9. The lowest BCUT2D eigenvalue weighted by atomic mass is 9.93. The average molecular weight is 1010 g/mol. The molecule has 4 bridgehead atoms. The van der Waals surface area contributed by atoms with Gasteiger partial charge in [-0.2, -0.15) is 5.10 Å². The van der Waals surface area contributed by atoms with Crippen LogP contribution in [0.1, 0.15) is 71.1 Å². The highest BCUT2D eigenvalue weighted by Crippen LogP contribution is 2.40. The average Bonchev–Trinajstić information content (AvgIpc) is 3.88. The molecule has 5 atom stereocenters. The summed E-state index contributed by atoms with van der Waals surface area (Å²) in [6, 6.07) is 17.4. The minimum absolute atomic E-state index is 0.0891. The van der Waals surface area contributed by atoms with Gasteiger partial charge in [-0.15, -0.1) is 0 Å². The number of hydrogen-bond donors (Lipinski definition) is 8. The number of halogens is 1. The first-order valence-electron chi connectivity index (χ1n) is 23.2. The van der Waals surface area contributed by atoms with Crippen molar-refractivity contribution >= 4 is 52.6 Å². The molecule has 72 heavy (non-hydrogen) atoms. The van der Waals surface area contributed by atoms with Crippen molar-refractivity contribution in [2.75, 3.05) is 39.9 Å². The standard InChI is InChI=1S/C50H58ClN11O10/c1-28(45(63)43-40(62(69)70)27-55-60-43)56-48(66)39-25-30-7-17-41(71-22-20-53)36(24-30)37-26-34(14-18-42(37)72-23-21-54)44(49(67)57-29(2)46(64)59-39)61(3)50(68)38(6-4-5-19-52)58-47(65)33-10-8-31(9-11-33)32-12-15-35(51)16-13-32/h7-18,24,26-29,38-39,44H,4-6,19-23,25,52-54H2,1-3H3,(H,55,60)(H,56,66)(H,57,67)(H,58,65)(H,59,64)/t28-,29-,38-,39-,44-/m0/s1. The zero-order valence-electron chi connectivity index (χ0n) is 39.9. The molecule has 0 unspecified atom stereocenters. The van der Waals surface area contributed by atoms with Gasteiger partial charge in [0.05, 0.1) is 11.0 Å². The van der Waals surface area contributed by atoms with Gasteiger partial charge < -0.3 is 52.8 Å². The number of nitrogens with zero attached hydrogens (tertiary/aromatic N) is 3. The van der Waals surface area contributed by atoms with Gasteiger partial charge in [-0.1, -0.05) is 48.0 Å². The highest BCUT2D eigenvalue weighted by molar-refractivity contribution is 6.30. The van der Waals surface area contributed by atoms with Crippen LogP contribution in [0.15, 0.2) is 91.1 Å². The molecule has 21 nitrogen and oxygen atoms in total. The van der Waals surface area contributed by atoms with E-state index in [1.807, 2.05) is 12.1 Å². The number of ketones is 1. The predicted octanol–water partition coefficient (Wildman–Crippen LogP) is 3.34. The van der Waals surface area contributed by atoms with Gasteiger partial charge in [-0.05, 0) is 110 Å². The van der Waals surface area contributed by atoms with Gasteiger partial charge >= 0.3 is 5.69 Å². The van der Waals surface area contributed by atoms with Crippen molar-refractivity contribution < 1.29 is 43.2 Å². The van der Waals surface area contributed by atoms with Crippen LogP contribution in [0.25, 0.3) is 22.3 Å². The van der Waals surface area contributed by atoms with E-state index >= 15 is 0 Å². The Bertz CT molecular complexity index is 2770. The monoisotopic (exact) mass is 1010 g/mol. The second-order valence-corrected chi connectivity index (χ2v) is 17.5. The molecule has 380 valence electrons. The van der Waals surface area contributed by atoms with Crippen LogP contribution >= 0.6 is 11.6 Å². The number of amides is 5. The number of carbonyl (C=O) groups excluding carboxylic acids is 6. The van der Waals surface area contributed by atoms with Gasteiger partial charge in [-0.25, -0.2) is 0 Å². The normalized spacial score (nSPS) is 16.5. The molecule has 5 amide bonds. The highest BCUT2D eigenvalue weighted by Gasteiger charge is 2.37. The zero-order valence-corrected chi connectivity index (χ0v) is 40.7. The van der Waals surface area contributed by atoms with Crippen LogP contribution in [0.5, 0.6) is 11.5 Å². The number of likely N-dealkylation sites (N-methyl/N-ethyl adjacent to an activating group) is 1. The van der Waals surface area contributed by atoms with Gasteiger partial charge in [0.25, 0.3) is 5.91 Å². The van der Waals surface area contributed by atoms with Crippen molar-refractivity contribution in [3.63, 3.8) is 0 Å². The first-order chi connectivity index (χ1) is 34.5. The van der Waals surface area contributed by atoms with Crippen LogP contribution in [0.4, 0.5) is 5.69 Å². The number of carbonyl (C=O) groups is 6. The Hall–Kier alpha value is -7.72. The van der Waals surface area contributed by atoms with Gasteiger partial charge in [0.2, 0.25) is 29.4 Å². The SMILES string of the molecule is C[C@@H]1NC(=O)[C@@H](N(C)C(=O)[C@H](CCCCN)NC(=O)c2ccc(-c3ccc(Cl)cc3)cc2)c2ccc(OCCN)c(c2)-c2cc(ccc2OCCN)C[C@@H](C(=O)N[C@@H](C)C(=O)c2[nH]ncc2[N+](=O)[O-])NC1=O. The number of nitrogens with one attached hydrogen (secondary N) is 5. The maximum atomic E-state index is 14.9. The Labute approximate surface area is 420 Å². The first kappa shape index (κ1) is 53.6. The number of unbranched alkanes of at least 4 members (excludes halogenated alkanes) is 1. The Morgan fingerprint density at radius 2 is 1.47 bits per heavy atom. The Morgan fingerprint density at radius 1 is 0.847 bits per heavy atom. The van der Waals surface area contributed by atoms with E-state index in [2.05, 4.69) is 31.5 Å². The third kappa shape index (κ3) is 13.2. The van der Waals surface area contributed by atoms with Gasteiger partial charge in [0, 0.05) is 48.3 Å².